The van der Waals surface area contributed by atoms with Crippen LogP contribution in [-0.4, -0.2) is 13.7 Å². The molecule has 1 aromatic carbocycles. The molecule has 0 aliphatic carbocycles. The summed E-state index contributed by atoms with van der Waals surface area (Å²) in [4.78, 5) is 1.32. The SMILES string of the molecule is CCNC(c1ccc(Cl)c(OC)c1)c1cc2sccc2s1. The highest BCUT2D eigenvalue weighted by Gasteiger charge is 2.17. The summed E-state index contributed by atoms with van der Waals surface area (Å²) in [6, 6.07) is 10.6. The quantitative estimate of drug-likeness (QED) is 0.680. The van der Waals surface area contributed by atoms with Gasteiger partial charge in [0.1, 0.15) is 5.75 Å². The maximum absolute atomic E-state index is 6.13. The molecule has 3 aromatic rings. The minimum absolute atomic E-state index is 0.172. The summed E-state index contributed by atoms with van der Waals surface area (Å²) in [5, 5.41) is 6.33. The Hall–Kier alpha value is -1.07. The van der Waals surface area contributed by atoms with Crippen molar-refractivity contribution in [1.29, 1.82) is 0 Å². The third-order valence-electron chi connectivity index (χ3n) is 3.36. The van der Waals surface area contributed by atoms with Gasteiger partial charge in [-0.05, 0) is 41.8 Å². The summed E-state index contributed by atoms with van der Waals surface area (Å²) in [5.41, 5.74) is 1.17. The number of benzene rings is 1. The highest BCUT2D eigenvalue weighted by molar-refractivity contribution is 7.27. The first-order chi connectivity index (χ1) is 10.2. The molecule has 0 spiro atoms. The monoisotopic (exact) mass is 337 g/mol. The van der Waals surface area contributed by atoms with Crippen molar-refractivity contribution in [2.24, 2.45) is 0 Å². The molecule has 110 valence electrons. The molecular formula is C16H16ClNOS2. The molecule has 0 saturated carbocycles. The van der Waals surface area contributed by atoms with Crippen LogP contribution in [0.1, 0.15) is 23.4 Å². The number of rotatable bonds is 5. The fourth-order valence-corrected chi connectivity index (χ4v) is 4.79. The number of nitrogens with one attached hydrogen (secondary N) is 1. The van der Waals surface area contributed by atoms with Gasteiger partial charge < -0.3 is 10.1 Å². The van der Waals surface area contributed by atoms with Gasteiger partial charge in [-0.15, -0.1) is 22.7 Å². The van der Waals surface area contributed by atoms with Gasteiger partial charge in [0.15, 0.2) is 0 Å². The van der Waals surface area contributed by atoms with Crippen molar-refractivity contribution < 1.29 is 4.74 Å². The summed E-state index contributed by atoms with van der Waals surface area (Å²) < 4.78 is 8.03. The Balaban J connectivity index is 2.02. The average Bonchev–Trinajstić information content (AvgIpc) is 3.06. The van der Waals surface area contributed by atoms with E-state index in [9.17, 15) is 0 Å². The second kappa shape index (κ2) is 6.36. The van der Waals surface area contributed by atoms with Crippen LogP contribution in [0.25, 0.3) is 9.40 Å². The first-order valence-electron chi connectivity index (χ1n) is 6.76. The van der Waals surface area contributed by atoms with Crippen molar-refractivity contribution in [2.75, 3.05) is 13.7 Å². The first kappa shape index (κ1) is 14.9. The second-order valence-corrected chi connectivity index (χ2v) is 7.15. The molecule has 5 heteroatoms. The van der Waals surface area contributed by atoms with Crippen LogP contribution in [0.4, 0.5) is 0 Å². The van der Waals surface area contributed by atoms with Gasteiger partial charge in [0, 0.05) is 14.3 Å². The third-order valence-corrected chi connectivity index (χ3v) is 5.83. The molecule has 0 radical (unpaired) electrons. The number of fused-ring (bicyclic) bond motifs is 1. The Bertz CT molecular complexity index is 721. The minimum atomic E-state index is 0.172. The lowest BCUT2D eigenvalue weighted by molar-refractivity contribution is 0.414. The van der Waals surface area contributed by atoms with E-state index in [2.05, 4.69) is 35.8 Å². The van der Waals surface area contributed by atoms with Crippen LogP contribution < -0.4 is 10.1 Å². The number of hydrogen-bond acceptors (Lipinski definition) is 4. The van der Waals surface area contributed by atoms with E-state index in [1.807, 2.05) is 23.5 Å². The zero-order chi connectivity index (χ0) is 14.8. The van der Waals surface area contributed by atoms with Crippen molar-refractivity contribution in [3.63, 3.8) is 0 Å². The van der Waals surface area contributed by atoms with E-state index in [-0.39, 0.29) is 6.04 Å². The molecular weight excluding hydrogens is 322 g/mol. The van der Waals surface area contributed by atoms with Gasteiger partial charge in [0.2, 0.25) is 0 Å². The predicted molar refractivity (Wildman–Crippen MR) is 93.2 cm³/mol. The largest absolute Gasteiger partial charge is 0.495 e. The Morgan fingerprint density at radius 3 is 2.81 bits per heavy atom. The summed E-state index contributed by atoms with van der Waals surface area (Å²) in [5.74, 6) is 0.718. The van der Waals surface area contributed by atoms with Crippen molar-refractivity contribution in [3.8, 4) is 5.75 Å². The van der Waals surface area contributed by atoms with E-state index in [1.54, 1.807) is 18.4 Å². The van der Waals surface area contributed by atoms with Crippen LogP contribution >= 0.6 is 34.3 Å². The highest BCUT2D eigenvalue weighted by atomic mass is 35.5. The first-order valence-corrected chi connectivity index (χ1v) is 8.84. The Morgan fingerprint density at radius 2 is 2.10 bits per heavy atom. The topological polar surface area (TPSA) is 21.3 Å². The maximum atomic E-state index is 6.13. The van der Waals surface area contributed by atoms with E-state index >= 15 is 0 Å². The van der Waals surface area contributed by atoms with Gasteiger partial charge in [-0.25, -0.2) is 0 Å². The number of methoxy groups -OCH3 is 1. The average molecular weight is 338 g/mol. The summed E-state index contributed by atoms with van der Waals surface area (Å²) >= 11 is 9.75. The molecule has 0 bridgehead atoms. The molecule has 1 N–H and O–H groups in total. The summed E-state index contributed by atoms with van der Waals surface area (Å²) in [6.45, 7) is 3.03. The minimum Gasteiger partial charge on any atom is -0.495 e. The third kappa shape index (κ3) is 2.94. The van der Waals surface area contributed by atoms with Gasteiger partial charge in [-0.1, -0.05) is 24.6 Å². The van der Waals surface area contributed by atoms with Crippen molar-refractivity contribution >= 4 is 43.7 Å². The summed E-state index contributed by atoms with van der Waals surface area (Å²) in [7, 11) is 1.65. The smallest absolute Gasteiger partial charge is 0.137 e. The van der Waals surface area contributed by atoms with Crippen molar-refractivity contribution in [2.45, 2.75) is 13.0 Å². The molecule has 0 saturated heterocycles. The number of thiophene rings is 2. The van der Waals surface area contributed by atoms with Crippen LogP contribution in [0.15, 0.2) is 35.7 Å². The van der Waals surface area contributed by atoms with E-state index < -0.39 is 0 Å². The molecule has 3 rings (SSSR count). The molecule has 1 unspecified atom stereocenters. The van der Waals surface area contributed by atoms with E-state index in [0.717, 1.165) is 12.3 Å². The predicted octanol–water partition coefficient (Wildman–Crippen LogP) is 5.32. The van der Waals surface area contributed by atoms with Gasteiger partial charge >= 0.3 is 0 Å². The lowest BCUT2D eigenvalue weighted by Gasteiger charge is -2.18. The summed E-state index contributed by atoms with van der Waals surface area (Å²) in [6.07, 6.45) is 0. The zero-order valence-corrected chi connectivity index (χ0v) is 14.2. The molecule has 0 aliphatic heterocycles. The normalized spacial score (nSPS) is 12.7. The Labute approximate surface area is 137 Å². The van der Waals surface area contributed by atoms with Crippen LogP contribution in [0.2, 0.25) is 5.02 Å². The molecule has 2 aromatic heterocycles. The number of halogens is 1. The number of hydrogen-bond donors (Lipinski definition) is 1. The molecule has 0 amide bonds. The van der Waals surface area contributed by atoms with Crippen LogP contribution in [0.3, 0.4) is 0 Å². The lowest BCUT2D eigenvalue weighted by Crippen LogP contribution is -2.21. The molecule has 1 atom stereocenters. The molecule has 2 nitrogen and oxygen atoms in total. The van der Waals surface area contributed by atoms with Crippen molar-refractivity contribution in [1.82, 2.24) is 5.32 Å². The van der Waals surface area contributed by atoms with Gasteiger partial charge in [0.25, 0.3) is 0 Å². The fourth-order valence-electron chi connectivity index (χ4n) is 2.37. The molecule has 21 heavy (non-hydrogen) atoms. The van der Waals surface area contributed by atoms with Gasteiger partial charge in [-0.2, -0.15) is 0 Å². The maximum Gasteiger partial charge on any atom is 0.137 e. The highest BCUT2D eigenvalue weighted by Crippen LogP contribution is 2.37. The Morgan fingerprint density at radius 1 is 1.24 bits per heavy atom. The van der Waals surface area contributed by atoms with Crippen molar-refractivity contribution in [3.05, 3.63) is 51.2 Å². The van der Waals surface area contributed by atoms with Crippen LogP contribution in [0.5, 0.6) is 5.75 Å². The fraction of sp³-hybridized carbons (Fsp3) is 0.250. The van der Waals surface area contributed by atoms with E-state index in [0.29, 0.717) is 5.02 Å². The molecule has 0 fully saturated rings. The van der Waals surface area contributed by atoms with E-state index in [1.165, 1.54) is 19.8 Å². The van der Waals surface area contributed by atoms with Gasteiger partial charge in [0.05, 0.1) is 18.2 Å². The van der Waals surface area contributed by atoms with Crippen LogP contribution in [-0.2, 0) is 0 Å². The Kier molecular flexibility index (Phi) is 4.50. The molecule has 2 heterocycles. The second-order valence-electron chi connectivity index (χ2n) is 4.68. The van der Waals surface area contributed by atoms with E-state index in [4.69, 9.17) is 16.3 Å². The lowest BCUT2D eigenvalue weighted by atomic mass is 10.0. The van der Waals surface area contributed by atoms with Gasteiger partial charge in [-0.3, -0.25) is 0 Å². The number of ether oxygens (including phenoxy) is 1. The standard InChI is InChI=1S/C16H16ClNOS2/c1-3-18-16(10-4-5-11(17)12(8-10)19-2)15-9-14-13(21-15)6-7-20-14/h4-9,16,18H,3H2,1-2H3. The van der Waals surface area contributed by atoms with Crippen LogP contribution in [0, 0.1) is 0 Å². The zero-order valence-electron chi connectivity index (χ0n) is 11.9. The molecule has 0 aliphatic rings.